The largest absolute Gasteiger partial charge is 0.488 e. The minimum absolute atomic E-state index is 0.444. The minimum Gasteiger partial charge on any atom is -0.488 e. The van der Waals surface area contributed by atoms with Crippen molar-refractivity contribution < 1.29 is 9.47 Å². The molecular weight excluding hydrogens is 216 g/mol. The monoisotopic (exact) mass is 230 g/mol. The van der Waals surface area contributed by atoms with Crippen LogP contribution in [0.3, 0.4) is 0 Å². The van der Waals surface area contributed by atoms with Crippen LogP contribution in [0.2, 0.25) is 0 Å². The van der Waals surface area contributed by atoms with E-state index in [1.807, 2.05) is 25.1 Å². The van der Waals surface area contributed by atoms with Gasteiger partial charge in [0.1, 0.15) is 5.75 Å². The van der Waals surface area contributed by atoms with Crippen molar-refractivity contribution in [3.8, 4) is 17.4 Å². The van der Waals surface area contributed by atoms with Crippen LogP contribution in [0.4, 0.5) is 5.69 Å². The van der Waals surface area contributed by atoms with Crippen LogP contribution in [0, 0.1) is 0 Å². The van der Waals surface area contributed by atoms with E-state index in [0.717, 1.165) is 0 Å². The van der Waals surface area contributed by atoms with Gasteiger partial charge in [-0.05, 0) is 31.2 Å². The molecule has 0 aliphatic heterocycles. The third-order valence-corrected chi connectivity index (χ3v) is 2.11. The Bertz CT molecular complexity index is 500. The Labute approximate surface area is 100 Å². The summed E-state index contributed by atoms with van der Waals surface area (Å²) in [5.41, 5.74) is 6.33. The van der Waals surface area contributed by atoms with Crippen molar-refractivity contribution in [1.82, 2.24) is 4.98 Å². The molecule has 0 fully saturated rings. The third kappa shape index (κ3) is 2.87. The number of nitrogens with two attached hydrogens (primary N) is 1. The standard InChI is InChI=1S/C13H14N2O2/c1-2-16-12-7-4-8-15-13(12)17-11-6-3-5-10(14)9-11/h3-9H,2,14H2,1H3. The number of pyridine rings is 1. The Balaban J connectivity index is 2.23. The topological polar surface area (TPSA) is 57.4 Å². The third-order valence-electron chi connectivity index (χ3n) is 2.11. The maximum atomic E-state index is 5.68. The number of benzene rings is 1. The molecule has 2 N–H and O–H groups in total. The number of nitrogen functional groups attached to an aromatic ring is 1. The fraction of sp³-hybridized carbons (Fsp3) is 0.154. The molecule has 0 bridgehead atoms. The Hall–Kier alpha value is -2.23. The first-order valence-electron chi connectivity index (χ1n) is 5.41. The van der Waals surface area contributed by atoms with Gasteiger partial charge in [0.2, 0.25) is 0 Å². The van der Waals surface area contributed by atoms with Crippen molar-refractivity contribution >= 4 is 5.69 Å². The van der Waals surface area contributed by atoms with E-state index in [1.165, 1.54) is 0 Å². The number of hydrogen-bond donors (Lipinski definition) is 1. The van der Waals surface area contributed by atoms with Crippen LogP contribution in [-0.4, -0.2) is 11.6 Å². The summed E-state index contributed by atoms with van der Waals surface area (Å²) >= 11 is 0. The fourth-order valence-corrected chi connectivity index (χ4v) is 1.41. The lowest BCUT2D eigenvalue weighted by Gasteiger charge is -2.10. The molecule has 0 saturated heterocycles. The van der Waals surface area contributed by atoms with E-state index >= 15 is 0 Å². The summed E-state index contributed by atoms with van der Waals surface area (Å²) in [5.74, 6) is 1.71. The van der Waals surface area contributed by atoms with Gasteiger partial charge in [-0.3, -0.25) is 0 Å². The number of hydrogen-bond acceptors (Lipinski definition) is 4. The van der Waals surface area contributed by atoms with Gasteiger partial charge < -0.3 is 15.2 Å². The Kier molecular flexibility index (Phi) is 3.45. The van der Waals surface area contributed by atoms with Crippen LogP contribution in [0.1, 0.15) is 6.92 Å². The maximum absolute atomic E-state index is 5.68. The average Bonchev–Trinajstić information content (AvgIpc) is 2.32. The molecule has 88 valence electrons. The maximum Gasteiger partial charge on any atom is 0.262 e. The van der Waals surface area contributed by atoms with E-state index in [1.54, 1.807) is 24.4 Å². The summed E-state index contributed by atoms with van der Waals surface area (Å²) in [5, 5.41) is 0. The number of ether oxygens (including phenoxy) is 2. The zero-order valence-corrected chi connectivity index (χ0v) is 9.59. The van der Waals surface area contributed by atoms with E-state index < -0.39 is 0 Å². The normalized spacial score (nSPS) is 9.94. The lowest BCUT2D eigenvalue weighted by Crippen LogP contribution is -1.96. The van der Waals surface area contributed by atoms with Crippen LogP contribution < -0.4 is 15.2 Å². The van der Waals surface area contributed by atoms with Gasteiger partial charge in [0.15, 0.2) is 5.75 Å². The second kappa shape index (κ2) is 5.21. The highest BCUT2D eigenvalue weighted by Crippen LogP contribution is 2.29. The first kappa shape index (κ1) is 11.3. The highest BCUT2D eigenvalue weighted by atomic mass is 16.5. The molecule has 1 heterocycles. The molecule has 0 amide bonds. The molecule has 4 nitrogen and oxygen atoms in total. The first-order chi connectivity index (χ1) is 8.29. The van der Waals surface area contributed by atoms with Crippen molar-refractivity contribution in [2.24, 2.45) is 0 Å². The Morgan fingerprint density at radius 3 is 2.88 bits per heavy atom. The lowest BCUT2D eigenvalue weighted by molar-refractivity contribution is 0.316. The predicted molar refractivity (Wildman–Crippen MR) is 66.3 cm³/mol. The summed E-state index contributed by atoms with van der Waals surface area (Å²) in [4.78, 5) is 4.13. The molecule has 0 radical (unpaired) electrons. The fourth-order valence-electron chi connectivity index (χ4n) is 1.41. The van der Waals surface area contributed by atoms with Crippen molar-refractivity contribution in [2.45, 2.75) is 6.92 Å². The van der Waals surface area contributed by atoms with Crippen LogP contribution in [-0.2, 0) is 0 Å². The predicted octanol–water partition coefficient (Wildman–Crippen LogP) is 2.85. The second-order valence-corrected chi connectivity index (χ2v) is 3.41. The summed E-state index contributed by atoms with van der Waals surface area (Å²) in [6.45, 7) is 2.48. The van der Waals surface area contributed by atoms with Crippen LogP contribution in [0.15, 0.2) is 42.6 Å². The summed E-state index contributed by atoms with van der Waals surface area (Å²) in [7, 11) is 0. The molecule has 1 aromatic heterocycles. The zero-order chi connectivity index (χ0) is 12.1. The van der Waals surface area contributed by atoms with E-state index in [0.29, 0.717) is 29.7 Å². The van der Waals surface area contributed by atoms with E-state index in [9.17, 15) is 0 Å². The highest BCUT2D eigenvalue weighted by molar-refractivity contribution is 5.45. The molecule has 2 rings (SSSR count). The molecule has 0 aliphatic rings. The van der Waals surface area contributed by atoms with Gasteiger partial charge in [-0.15, -0.1) is 0 Å². The van der Waals surface area contributed by atoms with E-state index in [4.69, 9.17) is 15.2 Å². The smallest absolute Gasteiger partial charge is 0.262 e. The van der Waals surface area contributed by atoms with E-state index in [2.05, 4.69) is 4.98 Å². The molecule has 0 atom stereocenters. The molecule has 0 saturated carbocycles. The average molecular weight is 230 g/mol. The van der Waals surface area contributed by atoms with Crippen molar-refractivity contribution in [2.75, 3.05) is 12.3 Å². The Morgan fingerprint density at radius 2 is 2.12 bits per heavy atom. The SMILES string of the molecule is CCOc1cccnc1Oc1cccc(N)c1. The number of nitrogens with zero attached hydrogens (tertiary/aromatic N) is 1. The molecular formula is C13H14N2O2. The van der Waals surface area contributed by atoms with Crippen molar-refractivity contribution in [3.63, 3.8) is 0 Å². The molecule has 0 unspecified atom stereocenters. The van der Waals surface area contributed by atoms with Gasteiger partial charge in [-0.1, -0.05) is 6.07 Å². The summed E-state index contributed by atoms with van der Waals surface area (Å²) in [6, 6.07) is 10.8. The van der Waals surface area contributed by atoms with Crippen LogP contribution in [0.25, 0.3) is 0 Å². The highest BCUT2D eigenvalue weighted by Gasteiger charge is 2.06. The van der Waals surface area contributed by atoms with Gasteiger partial charge in [0, 0.05) is 18.0 Å². The Morgan fingerprint density at radius 1 is 1.24 bits per heavy atom. The summed E-state index contributed by atoms with van der Waals surface area (Å²) < 4.78 is 11.0. The lowest BCUT2D eigenvalue weighted by atomic mass is 10.3. The van der Waals surface area contributed by atoms with Gasteiger partial charge in [0.05, 0.1) is 6.61 Å². The molecule has 1 aromatic carbocycles. The zero-order valence-electron chi connectivity index (χ0n) is 9.59. The molecule has 0 aliphatic carbocycles. The number of anilines is 1. The minimum atomic E-state index is 0.444. The van der Waals surface area contributed by atoms with Gasteiger partial charge >= 0.3 is 0 Å². The van der Waals surface area contributed by atoms with Gasteiger partial charge in [-0.2, -0.15) is 0 Å². The van der Waals surface area contributed by atoms with Crippen molar-refractivity contribution in [1.29, 1.82) is 0 Å². The van der Waals surface area contributed by atoms with Crippen LogP contribution in [0.5, 0.6) is 17.4 Å². The number of rotatable bonds is 4. The molecule has 0 spiro atoms. The van der Waals surface area contributed by atoms with Crippen molar-refractivity contribution in [3.05, 3.63) is 42.6 Å². The quantitative estimate of drug-likeness (QED) is 0.820. The summed E-state index contributed by atoms with van der Waals surface area (Å²) in [6.07, 6.45) is 1.66. The molecule has 4 heteroatoms. The molecule has 2 aromatic rings. The van der Waals surface area contributed by atoms with Gasteiger partial charge in [-0.25, -0.2) is 4.98 Å². The second-order valence-electron chi connectivity index (χ2n) is 3.41. The number of aromatic nitrogens is 1. The first-order valence-corrected chi connectivity index (χ1v) is 5.41. The molecule has 17 heavy (non-hydrogen) atoms. The van der Waals surface area contributed by atoms with Gasteiger partial charge in [0.25, 0.3) is 5.88 Å². The van der Waals surface area contributed by atoms with Crippen LogP contribution >= 0.6 is 0 Å². The van der Waals surface area contributed by atoms with E-state index in [-0.39, 0.29) is 0 Å².